The zero-order valence-electron chi connectivity index (χ0n) is 17.1. The molecule has 158 valence electrons. The van der Waals surface area contributed by atoms with Gasteiger partial charge in [0, 0.05) is 22.0 Å². The van der Waals surface area contributed by atoms with E-state index in [0.29, 0.717) is 21.9 Å². The SMILES string of the molecule is Cc1cc(/C=N\N2C(=O)[C@@H]3[C@H]4C=C[C@@H]([C@@H]5C[C@@H]45)[C@H]3C2=O)c(C)n1-c1cc(Cl)ccc1Cl. The molecule has 0 unspecified atom stereocenters. The molecule has 1 saturated heterocycles. The number of hydrazone groups is 1. The second kappa shape index (κ2) is 6.57. The molecule has 1 aliphatic heterocycles. The van der Waals surface area contributed by atoms with Crippen LogP contribution in [0.15, 0.2) is 41.5 Å². The van der Waals surface area contributed by atoms with Crippen molar-refractivity contribution >= 4 is 41.2 Å². The predicted molar refractivity (Wildman–Crippen MR) is 119 cm³/mol. The van der Waals surface area contributed by atoms with Crippen LogP contribution in [0.2, 0.25) is 10.0 Å². The summed E-state index contributed by atoms with van der Waals surface area (Å²) in [4.78, 5) is 26.2. The van der Waals surface area contributed by atoms with Gasteiger partial charge < -0.3 is 4.57 Å². The van der Waals surface area contributed by atoms with E-state index in [4.69, 9.17) is 23.2 Å². The van der Waals surface area contributed by atoms with Gasteiger partial charge in [-0.05, 0) is 68.2 Å². The average Bonchev–Trinajstić information content (AvgIpc) is 3.47. The summed E-state index contributed by atoms with van der Waals surface area (Å²) in [5.74, 6) is 0.794. The van der Waals surface area contributed by atoms with Crippen LogP contribution in [0.5, 0.6) is 0 Å². The Morgan fingerprint density at radius 2 is 1.65 bits per heavy atom. The summed E-state index contributed by atoms with van der Waals surface area (Å²) in [7, 11) is 0. The summed E-state index contributed by atoms with van der Waals surface area (Å²) in [6.45, 7) is 3.93. The Hall–Kier alpha value is -2.37. The van der Waals surface area contributed by atoms with Gasteiger partial charge in [-0.15, -0.1) is 0 Å². The number of amides is 2. The molecule has 5 aliphatic rings. The second-order valence-electron chi connectivity index (χ2n) is 9.15. The zero-order chi connectivity index (χ0) is 21.6. The first-order valence-electron chi connectivity index (χ1n) is 10.6. The van der Waals surface area contributed by atoms with Gasteiger partial charge in [-0.25, -0.2) is 0 Å². The van der Waals surface area contributed by atoms with E-state index in [9.17, 15) is 9.59 Å². The lowest BCUT2D eigenvalue weighted by atomic mass is 9.63. The van der Waals surface area contributed by atoms with Gasteiger partial charge in [0.15, 0.2) is 0 Å². The lowest BCUT2D eigenvalue weighted by Gasteiger charge is -2.37. The lowest BCUT2D eigenvalue weighted by Crippen LogP contribution is -2.40. The molecule has 7 rings (SSSR count). The molecule has 1 aromatic carbocycles. The Morgan fingerprint density at radius 3 is 2.29 bits per heavy atom. The summed E-state index contributed by atoms with van der Waals surface area (Å²) in [5, 5.41) is 6.68. The summed E-state index contributed by atoms with van der Waals surface area (Å²) in [6.07, 6.45) is 7.10. The molecule has 5 nitrogen and oxygen atoms in total. The number of hydrogen-bond acceptors (Lipinski definition) is 3. The summed E-state index contributed by atoms with van der Waals surface area (Å²) in [5.41, 5.74) is 3.47. The standard InChI is InChI=1S/C24H21Cl2N3O2/c1-11-7-13(12(2)28(11)20-8-14(25)3-6-19(20)26)10-27-29-23(30)21-15-4-5-16(18-9-17(15)18)22(21)24(29)31/h3-8,10,15-18,21-22H,9H2,1-2H3/b27-10-/t15-,16-,17-,18-,21+,22+/m0/s1. The van der Waals surface area contributed by atoms with Gasteiger partial charge in [0.05, 0.1) is 28.8 Å². The molecule has 2 saturated carbocycles. The minimum atomic E-state index is -0.235. The topological polar surface area (TPSA) is 54.7 Å². The van der Waals surface area contributed by atoms with E-state index in [0.717, 1.165) is 34.1 Å². The summed E-state index contributed by atoms with van der Waals surface area (Å²) >= 11 is 12.6. The summed E-state index contributed by atoms with van der Waals surface area (Å²) in [6, 6.07) is 7.30. The maximum absolute atomic E-state index is 13.1. The van der Waals surface area contributed by atoms with Crippen LogP contribution in [0.4, 0.5) is 0 Å². The Bertz CT molecular complexity index is 1180. The number of hydrogen-bond donors (Lipinski definition) is 0. The van der Waals surface area contributed by atoms with Crippen LogP contribution in [0.3, 0.4) is 0 Å². The van der Waals surface area contributed by atoms with E-state index < -0.39 is 0 Å². The Balaban J connectivity index is 1.32. The van der Waals surface area contributed by atoms with Crippen LogP contribution in [-0.4, -0.2) is 27.6 Å². The fourth-order valence-electron chi connectivity index (χ4n) is 6.12. The van der Waals surface area contributed by atoms with Crippen molar-refractivity contribution in [3.05, 3.63) is 63.4 Å². The first-order chi connectivity index (χ1) is 14.9. The molecule has 3 fully saturated rings. The number of allylic oxidation sites excluding steroid dienone is 2. The zero-order valence-corrected chi connectivity index (χ0v) is 18.6. The smallest absolute Gasteiger partial charge is 0.254 e. The minimum Gasteiger partial charge on any atom is -0.316 e. The highest BCUT2D eigenvalue weighted by Gasteiger charge is 2.67. The molecule has 0 radical (unpaired) electrons. The summed E-state index contributed by atoms with van der Waals surface area (Å²) < 4.78 is 2.00. The molecule has 1 aromatic heterocycles. The largest absolute Gasteiger partial charge is 0.316 e. The first-order valence-corrected chi connectivity index (χ1v) is 11.4. The number of halogens is 2. The third kappa shape index (κ3) is 2.66. The second-order valence-corrected chi connectivity index (χ2v) is 9.99. The van der Waals surface area contributed by atoms with Gasteiger partial charge in [0.1, 0.15) is 0 Å². The highest BCUT2D eigenvalue weighted by Crippen LogP contribution is 2.65. The Kier molecular flexibility index (Phi) is 4.09. The number of nitrogens with zero attached hydrogens (tertiary/aromatic N) is 3. The van der Waals surface area contributed by atoms with E-state index in [1.165, 1.54) is 0 Å². The predicted octanol–water partition coefficient (Wildman–Crippen LogP) is 4.79. The van der Waals surface area contributed by atoms with Gasteiger partial charge in [0.2, 0.25) is 0 Å². The van der Waals surface area contributed by atoms with Crippen molar-refractivity contribution in [2.24, 2.45) is 40.6 Å². The fraction of sp³-hybridized carbons (Fsp3) is 0.375. The molecular weight excluding hydrogens is 433 g/mol. The van der Waals surface area contributed by atoms with E-state index >= 15 is 0 Å². The van der Waals surface area contributed by atoms with Crippen molar-refractivity contribution in [3.8, 4) is 5.69 Å². The molecule has 2 aromatic rings. The van der Waals surface area contributed by atoms with Gasteiger partial charge >= 0.3 is 0 Å². The third-order valence-electron chi connectivity index (χ3n) is 7.57. The number of aromatic nitrogens is 1. The Labute approximate surface area is 190 Å². The normalized spacial score (nSPS) is 32.8. The molecular formula is C24H21Cl2N3O2. The van der Waals surface area contributed by atoms with Crippen LogP contribution >= 0.6 is 23.2 Å². The fourth-order valence-corrected chi connectivity index (χ4v) is 6.49. The first kappa shape index (κ1) is 19.3. The monoisotopic (exact) mass is 453 g/mol. The Morgan fingerprint density at radius 1 is 1.00 bits per heavy atom. The maximum Gasteiger partial charge on any atom is 0.254 e. The van der Waals surface area contributed by atoms with Crippen molar-refractivity contribution in [1.29, 1.82) is 0 Å². The van der Waals surface area contributed by atoms with Gasteiger partial charge in [-0.3, -0.25) is 9.59 Å². The molecule has 4 aliphatic carbocycles. The lowest BCUT2D eigenvalue weighted by molar-refractivity contribution is -0.140. The van der Waals surface area contributed by atoms with Crippen LogP contribution in [0, 0.1) is 49.4 Å². The highest BCUT2D eigenvalue weighted by molar-refractivity contribution is 6.34. The highest BCUT2D eigenvalue weighted by atomic mass is 35.5. The average molecular weight is 454 g/mol. The van der Waals surface area contributed by atoms with E-state index in [1.54, 1.807) is 18.3 Å². The number of aryl methyl sites for hydroxylation is 1. The van der Waals surface area contributed by atoms with Gasteiger partial charge in [0.25, 0.3) is 11.8 Å². The molecule has 31 heavy (non-hydrogen) atoms. The van der Waals surface area contributed by atoms with E-state index in [2.05, 4.69) is 17.3 Å². The van der Waals surface area contributed by atoms with Crippen molar-refractivity contribution in [2.75, 3.05) is 0 Å². The molecule has 2 bridgehead atoms. The number of carbonyl (C=O) groups is 2. The van der Waals surface area contributed by atoms with Gasteiger partial charge in [-0.2, -0.15) is 10.1 Å². The van der Waals surface area contributed by atoms with Crippen LogP contribution in [0.1, 0.15) is 23.4 Å². The minimum absolute atomic E-state index is 0.150. The number of carbonyl (C=O) groups excluding carboxylic acids is 2. The number of rotatable bonds is 3. The van der Waals surface area contributed by atoms with E-state index in [1.807, 2.05) is 30.5 Å². The maximum atomic E-state index is 13.1. The van der Waals surface area contributed by atoms with Crippen LogP contribution in [0.25, 0.3) is 5.69 Å². The van der Waals surface area contributed by atoms with Crippen LogP contribution < -0.4 is 0 Å². The molecule has 0 spiro atoms. The van der Waals surface area contributed by atoms with Crippen molar-refractivity contribution in [2.45, 2.75) is 20.3 Å². The molecule has 6 atom stereocenters. The van der Waals surface area contributed by atoms with Gasteiger partial charge in [-0.1, -0.05) is 35.4 Å². The molecule has 2 heterocycles. The quantitative estimate of drug-likeness (QED) is 0.381. The van der Waals surface area contributed by atoms with Crippen molar-refractivity contribution in [3.63, 3.8) is 0 Å². The number of benzene rings is 1. The molecule has 0 N–H and O–H groups in total. The van der Waals surface area contributed by atoms with Crippen molar-refractivity contribution in [1.82, 2.24) is 9.58 Å². The molecule has 2 amide bonds. The van der Waals surface area contributed by atoms with E-state index in [-0.39, 0.29) is 35.5 Å². The van der Waals surface area contributed by atoms with Crippen molar-refractivity contribution < 1.29 is 9.59 Å². The number of imide groups is 1. The third-order valence-corrected chi connectivity index (χ3v) is 8.13. The molecule has 7 heteroatoms. The van der Waals surface area contributed by atoms with Crippen LogP contribution in [-0.2, 0) is 9.59 Å².